The highest BCUT2D eigenvalue weighted by molar-refractivity contribution is 5.94. The number of nitrogens with zero attached hydrogens (tertiary/aromatic N) is 1. The van der Waals surface area contributed by atoms with E-state index in [2.05, 4.69) is 20.9 Å². The minimum Gasteiger partial charge on any atom is -0.496 e. The molecule has 3 N–H and O–H groups in total. The van der Waals surface area contributed by atoms with Gasteiger partial charge in [-0.05, 0) is 42.8 Å². The van der Waals surface area contributed by atoms with Gasteiger partial charge in [0.15, 0.2) is 5.96 Å². The van der Waals surface area contributed by atoms with Crippen molar-refractivity contribution in [3.8, 4) is 5.75 Å². The lowest BCUT2D eigenvalue weighted by Gasteiger charge is -2.14. The molecular formula is C19H23FN4O2. The molecule has 0 saturated carbocycles. The minimum absolute atomic E-state index is 0.0298. The summed E-state index contributed by atoms with van der Waals surface area (Å²) < 4.78 is 18.2. The highest BCUT2D eigenvalue weighted by atomic mass is 19.1. The van der Waals surface area contributed by atoms with Gasteiger partial charge in [0.1, 0.15) is 11.6 Å². The molecule has 0 heterocycles. The van der Waals surface area contributed by atoms with Crippen LogP contribution in [0.1, 0.15) is 11.1 Å². The van der Waals surface area contributed by atoms with E-state index in [1.807, 2.05) is 25.1 Å². The Hall–Kier alpha value is -3.09. The number of ether oxygens (including phenoxy) is 1. The molecular weight excluding hydrogens is 335 g/mol. The average Bonchev–Trinajstić information content (AvgIpc) is 2.64. The number of carbonyl (C=O) groups is 1. The van der Waals surface area contributed by atoms with Gasteiger partial charge in [-0.2, -0.15) is 0 Å². The van der Waals surface area contributed by atoms with Crippen LogP contribution in [-0.4, -0.2) is 32.6 Å². The predicted octanol–water partition coefficient (Wildman–Crippen LogP) is 2.45. The van der Waals surface area contributed by atoms with Crippen molar-refractivity contribution in [2.75, 3.05) is 26.0 Å². The number of hydrogen-bond acceptors (Lipinski definition) is 3. The summed E-state index contributed by atoms with van der Waals surface area (Å²) in [6.45, 7) is 2.53. The van der Waals surface area contributed by atoms with Gasteiger partial charge < -0.3 is 20.7 Å². The number of benzene rings is 2. The zero-order valence-corrected chi connectivity index (χ0v) is 15.1. The molecule has 26 heavy (non-hydrogen) atoms. The molecule has 0 aliphatic rings. The number of halogens is 1. The number of methoxy groups -OCH3 is 1. The van der Waals surface area contributed by atoms with Crippen LogP contribution in [0.25, 0.3) is 0 Å². The van der Waals surface area contributed by atoms with Crippen molar-refractivity contribution in [1.82, 2.24) is 10.6 Å². The number of amides is 1. The van der Waals surface area contributed by atoms with Crippen LogP contribution in [0.2, 0.25) is 0 Å². The average molecular weight is 358 g/mol. The molecule has 2 aromatic carbocycles. The Bertz CT molecular complexity index is 776. The molecule has 7 heteroatoms. The lowest BCUT2D eigenvalue weighted by atomic mass is 10.1. The molecule has 0 unspecified atom stereocenters. The third-order valence-electron chi connectivity index (χ3n) is 3.66. The van der Waals surface area contributed by atoms with Crippen molar-refractivity contribution in [2.24, 2.45) is 4.99 Å². The van der Waals surface area contributed by atoms with Crippen molar-refractivity contribution in [1.29, 1.82) is 0 Å². The number of carbonyl (C=O) groups excluding carboxylic acids is 1. The highest BCUT2D eigenvalue weighted by Gasteiger charge is 2.07. The maximum atomic E-state index is 12.9. The normalized spacial score (nSPS) is 11.0. The molecule has 0 saturated heterocycles. The largest absolute Gasteiger partial charge is 0.496 e. The Kier molecular flexibility index (Phi) is 6.96. The Morgan fingerprint density at radius 3 is 2.54 bits per heavy atom. The molecule has 0 spiro atoms. The fraction of sp³-hybridized carbons (Fsp3) is 0.263. The number of hydrogen-bond donors (Lipinski definition) is 3. The first-order valence-corrected chi connectivity index (χ1v) is 8.15. The van der Waals surface area contributed by atoms with Gasteiger partial charge in [0, 0.05) is 24.8 Å². The zero-order chi connectivity index (χ0) is 18.9. The number of aliphatic imine (C=N–C) groups is 1. The molecule has 138 valence electrons. The van der Waals surface area contributed by atoms with Crippen molar-refractivity contribution in [2.45, 2.75) is 13.5 Å². The standard InChI is InChI=1S/C19H23FN4O2/c1-13-4-5-14(17(10-13)26-3)11-22-19(21-2)23-12-18(25)24-16-8-6-15(20)7-9-16/h4-10H,11-12H2,1-3H3,(H,24,25)(H2,21,22,23). The second-order valence-electron chi connectivity index (χ2n) is 5.65. The zero-order valence-electron chi connectivity index (χ0n) is 15.1. The van der Waals surface area contributed by atoms with Crippen LogP contribution in [0.4, 0.5) is 10.1 Å². The van der Waals surface area contributed by atoms with Crippen LogP contribution in [0.5, 0.6) is 5.75 Å². The second-order valence-corrected chi connectivity index (χ2v) is 5.65. The van der Waals surface area contributed by atoms with Crippen LogP contribution < -0.4 is 20.7 Å². The molecule has 6 nitrogen and oxygen atoms in total. The third-order valence-corrected chi connectivity index (χ3v) is 3.66. The van der Waals surface area contributed by atoms with Crippen LogP contribution in [-0.2, 0) is 11.3 Å². The van der Waals surface area contributed by atoms with E-state index < -0.39 is 0 Å². The summed E-state index contributed by atoms with van der Waals surface area (Å²) in [7, 11) is 3.25. The molecule has 0 fully saturated rings. The van der Waals surface area contributed by atoms with Crippen molar-refractivity contribution in [3.05, 3.63) is 59.4 Å². The van der Waals surface area contributed by atoms with Crippen molar-refractivity contribution >= 4 is 17.6 Å². The Balaban J connectivity index is 1.84. The molecule has 2 aromatic rings. The molecule has 0 aliphatic heterocycles. The summed E-state index contributed by atoms with van der Waals surface area (Å²) in [4.78, 5) is 16.1. The lowest BCUT2D eigenvalue weighted by molar-refractivity contribution is -0.115. The number of aryl methyl sites for hydroxylation is 1. The van der Waals surface area contributed by atoms with Crippen LogP contribution in [0.3, 0.4) is 0 Å². The lowest BCUT2D eigenvalue weighted by Crippen LogP contribution is -2.41. The van der Waals surface area contributed by atoms with Crippen LogP contribution >= 0.6 is 0 Å². The number of guanidine groups is 1. The van der Waals surface area contributed by atoms with E-state index in [-0.39, 0.29) is 18.3 Å². The summed E-state index contributed by atoms with van der Waals surface area (Å²) in [5.41, 5.74) is 2.63. The van der Waals surface area contributed by atoms with E-state index in [0.717, 1.165) is 16.9 Å². The van der Waals surface area contributed by atoms with Crippen molar-refractivity contribution < 1.29 is 13.9 Å². The van der Waals surface area contributed by atoms with Crippen LogP contribution in [0.15, 0.2) is 47.5 Å². The van der Waals surface area contributed by atoms with Crippen molar-refractivity contribution in [3.63, 3.8) is 0 Å². The van der Waals surface area contributed by atoms with E-state index in [1.165, 1.54) is 24.3 Å². The fourth-order valence-corrected chi connectivity index (χ4v) is 2.30. The number of nitrogens with one attached hydrogen (secondary N) is 3. The third kappa shape index (κ3) is 5.77. The van der Waals surface area contributed by atoms with E-state index in [4.69, 9.17) is 4.74 Å². The Morgan fingerprint density at radius 2 is 1.88 bits per heavy atom. The molecule has 0 aliphatic carbocycles. The van der Waals surface area contributed by atoms with Gasteiger partial charge in [0.25, 0.3) is 0 Å². The maximum Gasteiger partial charge on any atom is 0.243 e. The maximum absolute atomic E-state index is 12.9. The molecule has 1 amide bonds. The smallest absolute Gasteiger partial charge is 0.243 e. The van der Waals surface area contributed by atoms with E-state index in [1.54, 1.807) is 14.2 Å². The van der Waals surface area contributed by atoms with E-state index >= 15 is 0 Å². The Morgan fingerprint density at radius 1 is 1.15 bits per heavy atom. The van der Waals surface area contributed by atoms with Gasteiger partial charge in [-0.15, -0.1) is 0 Å². The van der Waals surface area contributed by atoms with Gasteiger partial charge in [-0.25, -0.2) is 4.39 Å². The summed E-state index contributed by atoms with van der Waals surface area (Å²) >= 11 is 0. The summed E-state index contributed by atoms with van der Waals surface area (Å²) in [6, 6.07) is 11.5. The topological polar surface area (TPSA) is 74.8 Å². The molecule has 0 radical (unpaired) electrons. The first-order chi connectivity index (χ1) is 12.5. The number of anilines is 1. The minimum atomic E-state index is -0.350. The molecule has 0 bridgehead atoms. The monoisotopic (exact) mass is 358 g/mol. The van der Waals surface area contributed by atoms with Gasteiger partial charge in [0.05, 0.1) is 13.7 Å². The summed E-state index contributed by atoms with van der Waals surface area (Å²) in [5, 5.41) is 8.74. The van der Waals surface area contributed by atoms with Gasteiger partial charge in [0.2, 0.25) is 5.91 Å². The highest BCUT2D eigenvalue weighted by Crippen LogP contribution is 2.19. The first-order valence-electron chi connectivity index (χ1n) is 8.15. The first kappa shape index (κ1) is 19.2. The van der Waals surface area contributed by atoms with Gasteiger partial charge >= 0.3 is 0 Å². The predicted molar refractivity (Wildman–Crippen MR) is 101 cm³/mol. The second kappa shape index (κ2) is 9.41. The molecule has 0 atom stereocenters. The van der Waals surface area contributed by atoms with E-state index in [9.17, 15) is 9.18 Å². The SMILES string of the molecule is CN=C(NCC(=O)Nc1ccc(F)cc1)NCc1ccc(C)cc1OC. The quantitative estimate of drug-likeness (QED) is 0.548. The van der Waals surface area contributed by atoms with Crippen LogP contribution in [0, 0.1) is 12.7 Å². The van der Waals surface area contributed by atoms with Gasteiger partial charge in [-0.1, -0.05) is 12.1 Å². The summed E-state index contributed by atoms with van der Waals surface area (Å²) in [5.74, 6) is 0.675. The summed E-state index contributed by atoms with van der Waals surface area (Å²) in [6.07, 6.45) is 0. The molecule has 2 rings (SSSR count). The van der Waals surface area contributed by atoms with Gasteiger partial charge in [-0.3, -0.25) is 9.79 Å². The fourth-order valence-electron chi connectivity index (χ4n) is 2.30. The molecule has 0 aromatic heterocycles. The van der Waals surface area contributed by atoms with E-state index in [0.29, 0.717) is 18.2 Å². The Labute approximate surface area is 152 Å². The number of rotatable bonds is 6.